The van der Waals surface area contributed by atoms with E-state index in [0.717, 1.165) is 17.9 Å². The van der Waals surface area contributed by atoms with E-state index in [-0.39, 0.29) is 5.54 Å². The van der Waals surface area contributed by atoms with E-state index in [9.17, 15) is 0 Å². The minimum atomic E-state index is -0.154. The summed E-state index contributed by atoms with van der Waals surface area (Å²) in [6.45, 7) is 0. The van der Waals surface area contributed by atoms with E-state index in [4.69, 9.17) is 17.3 Å². The van der Waals surface area contributed by atoms with Crippen LogP contribution in [0.15, 0.2) is 24.3 Å². The third kappa shape index (κ3) is 1.84. The molecule has 0 bridgehead atoms. The standard InChI is InChI=1S/C15H19ClN2/c1-18-13-10-12(16)6-5-11(13)9-14(18)15(17)7-3-2-4-8-15/h5-6,9-10H,2-4,7-8,17H2,1H3. The van der Waals surface area contributed by atoms with Crippen molar-refractivity contribution in [2.24, 2.45) is 12.8 Å². The van der Waals surface area contributed by atoms with Crippen LogP contribution in [0.2, 0.25) is 5.02 Å². The highest BCUT2D eigenvalue weighted by Gasteiger charge is 2.32. The second-order valence-corrected chi connectivity index (χ2v) is 5.94. The molecule has 0 saturated heterocycles. The first kappa shape index (κ1) is 12.1. The first-order valence-corrected chi connectivity index (χ1v) is 7.02. The normalized spacial score (nSPS) is 19.3. The molecule has 2 nitrogen and oxygen atoms in total. The predicted octanol–water partition coefficient (Wildman–Crippen LogP) is 3.95. The van der Waals surface area contributed by atoms with Gasteiger partial charge in [-0.25, -0.2) is 0 Å². The predicted molar refractivity (Wildman–Crippen MR) is 76.9 cm³/mol. The summed E-state index contributed by atoms with van der Waals surface area (Å²) in [6.07, 6.45) is 5.96. The molecule has 96 valence electrons. The number of benzene rings is 1. The Morgan fingerprint density at radius 3 is 2.61 bits per heavy atom. The SMILES string of the molecule is Cn1c(C2(N)CCCCC2)cc2ccc(Cl)cc21. The molecule has 1 saturated carbocycles. The maximum atomic E-state index is 6.63. The number of hydrogen-bond donors (Lipinski definition) is 1. The third-order valence-corrected chi connectivity index (χ3v) is 4.50. The second kappa shape index (κ2) is 4.29. The fraction of sp³-hybridized carbons (Fsp3) is 0.467. The average Bonchev–Trinajstić information content (AvgIpc) is 2.68. The molecule has 2 aromatic rings. The van der Waals surface area contributed by atoms with Crippen LogP contribution in [0.5, 0.6) is 0 Å². The first-order chi connectivity index (χ1) is 8.60. The van der Waals surface area contributed by atoms with Crippen LogP contribution in [0.3, 0.4) is 0 Å². The van der Waals surface area contributed by atoms with Crippen molar-refractivity contribution in [3.8, 4) is 0 Å². The molecule has 0 atom stereocenters. The van der Waals surface area contributed by atoms with E-state index in [0.29, 0.717) is 0 Å². The van der Waals surface area contributed by atoms with Crippen LogP contribution in [0, 0.1) is 0 Å². The Bertz CT molecular complexity index is 579. The van der Waals surface area contributed by atoms with E-state index in [1.807, 2.05) is 12.1 Å². The molecule has 1 heterocycles. The van der Waals surface area contributed by atoms with Crippen molar-refractivity contribution in [2.45, 2.75) is 37.6 Å². The van der Waals surface area contributed by atoms with E-state index >= 15 is 0 Å². The van der Waals surface area contributed by atoms with Crippen molar-refractivity contribution in [1.29, 1.82) is 0 Å². The quantitative estimate of drug-likeness (QED) is 0.829. The van der Waals surface area contributed by atoms with Gasteiger partial charge in [-0.2, -0.15) is 0 Å². The Hall–Kier alpha value is -0.990. The van der Waals surface area contributed by atoms with Crippen molar-refractivity contribution in [3.05, 3.63) is 35.0 Å². The number of aryl methyl sites for hydroxylation is 1. The molecule has 1 aliphatic carbocycles. The molecule has 1 aromatic heterocycles. The molecule has 3 heteroatoms. The van der Waals surface area contributed by atoms with E-state index in [1.165, 1.54) is 35.9 Å². The third-order valence-electron chi connectivity index (χ3n) is 4.26. The molecule has 18 heavy (non-hydrogen) atoms. The Kier molecular flexibility index (Phi) is 2.87. The molecule has 1 fully saturated rings. The van der Waals surface area contributed by atoms with Gasteiger partial charge >= 0.3 is 0 Å². The fourth-order valence-electron chi connectivity index (χ4n) is 3.22. The Morgan fingerprint density at radius 1 is 1.17 bits per heavy atom. The molecule has 0 unspecified atom stereocenters. The first-order valence-electron chi connectivity index (χ1n) is 6.64. The van der Waals surface area contributed by atoms with Gasteiger partial charge in [0.25, 0.3) is 0 Å². The van der Waals surface area contributed by atoms with E-state index in [1.54, 1.807) is 0 Å². The van der Waals surface area contributed by atoms with Crippen molar-refractivity contribution < 1.29 is 0 Å². The Morgan fingerprint density at radius 2 is 1.89 bits per heavy atom. The van der Waals surface area contributed by atoms with Gasteiger partial charge in [-0.05, 0) is 31.0 Å². The summed E-state index contributed by atoms with van der Waals surface area (Å²) in [5, 5.41) is 2.01. The lowest BCUT2D eigenvalue weighted by Crippen LogP contribution is -2.40. The number of nitrogens with two attached hydrogens (primary N) is 1. The summed E-state index contributed by atoms with van der Waals surface area (Å²) in [5.41, 5.74) is 8.90. The minimum Gasteiger partial charge on any atom is -0.346 e. The number of fused-ring (bicyclic) bond motifs is 1. The lowest BCUT2D eigenvalue weighted by molar-refractivity contribution is 0.290. The summed E-state index contributed by atoms with van der Waals surface area (Å²) in [6, 6.07) is 8.27. The molecule has 1 aliphatic rings. The van der Waals surface area contributed by atoms with Crippen LogP contribution in [-0.2, 0) is 12.6 Å². The van der Waals surface area contributed by atoms with Crippen LogP contribution < -0.4 is 5.73 Å². The number of hydrogen-bond acceptors (Lipinski definition) is 1. The molecule has 3 rings (SSSR count). The van der Waals surface area contributed by atoms with Crippen LogP contribution in [0.25, 0.3) is 10.9 Å². The fourth-order valence-corrected chi connectivity index (χ4v) is 3.39. The number of aromatic nitrogens is 1. The minimum absolute atomic E-state index is 0.154. The van der Waals surface area contributed by atoms with Crippen molar-refractivity contribution in [3.63, 3.8) is 0 Å². The van der Waals surface area contributed by atoms with E-state index < -0.39 is 0 Å². The highest BCUT2D eigenvalue weighted by atomic mass is 35.5. The number of halogens is 1. The summed E-state index contributed by atoms with van der Waals surface area (Å²) in [4.78, 5) is 0. The summed E-state index contributed by atoms with van der Waals surface area (Å²) < 4.78 is 2.21. The smallest absolute Gasteiger partial charge is 0.0563 e. The second-order valence-electron chi connectivity index (χ2n) is 5.51. The van der Waals surface area contributed by atoms with Crippen molar-refractivity contribution in [1.82, 2.24) is 4.57 Å². The highest BCUT2D eigenvalue weighted by molar-refractivity contribution is 6.31. The van der Waals surface area contributed by atoms with Gasteiger partial charge < -0.3 is 10.3 Å². The number of nitrogens with zero attached hydrogens (tertiary/aromatic N) is 1. The van der Waals surface area contributed by atoms with Gasteiger partial charge in [-0.3, -0.25) is 0 Å². The van der Waals surface area contributed by atoms with Gasteiger partial charge in [0.1, 0.15) is 0 Å². The van der Waals surface area contributed by atoms with Gasteiger partial charge in [0.05, 0.1) is 5.54 Å². The Balaban J connectivity index is 2.14. The molecule has 1 aromatic carbocycles. The molecule has 0 aliphatic heterocycles. The largest absolute Gasteiger partial charge is 0.346 e. The lowest BCUT2D eigenvalue weighted by Gasteiger charge is -2.34. The maximum Gasteiger partial charge on any atom is 0.0563 e. The van der Waals surface area contributed by atoms with Gasteiger partial charge in [0, 0.05) is 28.7 Å². The molecular weight excluding hydrogens is 244 g/mol. The average molecular weight is 263 g/mol. The van der Waals surface area contributed by atoms with Crippen LogP contribution in [0.4, 0.5) is 0 Å². The van der Waals surface area contributed by atoms with Gasteiger partial charge in [-0.1, -0.05) is 36.9 Å². The molecule has 0 spiro atoms. The van der Waals surface area contributed by atoms with E-state index in [2.05, 4.69) is 23.7 Å². The van der Waals surface area contributed by atoms with Gasteiger partial charge in [-0.15, -0.1) is 0 Å². The van der Waals surface area contributed by atoms with Gasteiger partial charge in [0.2, 0.25) is 0 Å². The Labute approximate surface area is 113 Å². The zero-order valence-corrected chi connectivity index (χ0v) is 11.5. The van der Waals surface area contributed by atoms with Crippen molar-refractivity contribution in [2.75, 3.05) is 0 Å². The molecule has 0 amide bonds. The highest BCUT2D eigenvalue weighted by Crippen LogP contribution is 2.37. The zero-order chi connectivity index (χ0) is 12.8. The van der Waals surface area contributed by atoms with Crippen LogP contribution in [0.1, 0.15) is 37.8 Å². The van der Waals surface area contributed by atoms with Gasteiger partial charge in [0.15, 0.2) is 0 Å². The lowest BCUT2D eigenvalue weighted by atomic mass is 9.80. The molecule has 2 N–H and O–H groups in total. The van der Waals surface area contributed by atoms with Crippen LogP contribution >= 0.6 is 11.6 Å². The number of rotatable bonds is 1. The monoisotopic (exact) mass is 262 g/mol. The molecule has 0 radical (unpaired) electrons. The van der Waals surface area contributed by atoms with Crippen molar-refractivity contribution >= 4 is 22.5 Å². The summed E-state index contributed by atoms with van der Waals surface area (Å²) in [5.74, 6) is 0. The molecular formula is C15H19ClN2. The maximum absolute atomic E-state index is 6.63. The summed E-state index contributed by atoms with van der Waals surface area (Å²) in [7, 11) is 2.09. The zero-order valence-electron chi connectivity index (χ0n) is 10.7. The van der Waals surface area contributed by atoms with Crippen LogP contribution in [-0.4, -0.2) is 4.57 Å². The summed E-state index contributed by atoms with van der Waals surface area (Å²) >= 11 is 6.08. The topological polar surface area (TPSA) is 30.9 Å².